The first-order chi connectivity index (χ1) is 8.72. The zero-order valence-electron chi connectivity index (χ0n) is 10.4. The second-order valence-corrected chi connectivity index (χ2v) is 4.96. The van der Waals surface area contributed by atoms with Crippen molar-refractivity contribution in [3.05, 3.63) is 35.9 Å². The van der Waals surface area contributed by atoms with E-state index in [0.29, 0.717) is 6.54 Å². The Morgan fingerprint density at radius 2 is 2.06 bits per heavy atom. The molecule has 98 valence electrons. The van der Waals surface area contributed by atoms with Crippen LogP contribution in [0.3, 0.4) is 0 Å². The van der Waals surface area contributed by atoms with Gasteiger partial charge in [0.05, 0.1) is 18.1 Å². The third kappa shape index (κ3) is 2.40. The maximum absolute atomic E-state index is 12.2. The normalized spacial score (nSPS) is 18.8. The fraction of sp³-hybridized carbons (Fsp3) is 0.500. The molecule has 0 saturated heterocycles. The minimum absolute atomic E-state index is 0.0286. The SMILES string of the molecule is NCC1(C(=O)NC(CO)c2ccccc2)CCC1. The quantitative estimate of drug-likeness (QED) is 0.726. The number of nitrogens with two attached hydrogens (primary N) is 1. The molecule has 4 N–H and O–H groups in total. The summed E-state index contributed by atoms with van der Waals surface area (Å²) < 4.78 is 0. The summed E-state index contributed by atoms with van der Waals surface area (Å²) >= 11 is 0. The lowest BCUT2D eigenvalue weighted by atomic mass is 9.68. The first-order valence-electron chi connectivity index (χ1n) is 6.39. The molecule has 0 bridgehead atoms. The molecule has 4 heteroatoms. The molecule has 1 aromatic rings. The van der Waals surface area contributed by atoms with E-state index in [0.717, 1.165) is 24.8 Å². The van der Waals surface area contributed by atoms with Crippen molar-refractivity contribution in [1.82, 2.24) is 5.32 Å². The van der Waals surface area contributed by atoms with Crippen LogP contribution in [0.15, 0.2) is 30.3 Å². The van der Waals surface area contributed by atoms with E-state index < -0.39 is 5.41 Å². The van der Waals surface area contributed by atoms with Crippen LogP contribution in [0, 0.1) is 5.41 Å². The number of benzene rings is 1. The van der Waals surface area contributed by atoms with Crippen LogP contribution in [0.1, 0.15) is 30.9 Å². The number of aliphatic hydroxyl groups is 1. The Morgan fingerprint density at radius 3 is 2.50 bits per heavy atom. The van der Waals surface area contributed by atoms with Crippen molar-refractivity contribution < 1.29 is 9.90 Å². The standard InChI is InChI=1S/C14H20N2O2/c15-10-14(7-4-8-14)13(18)16-12(9-17)11-5-2-1-3-6-11/h1-3,5-6,12,17H,4,7-10,15H2,(H,16,18). The monoisotopic (exact) mass is 248 g/mol. The molecule has 1 fully saturated rings. The number of aliphatic hydroxyl groups excluding tert-OH is 1. The van der Waals surface area contributed by atoms with E-state index >= 15 is 0 Å². The molecule has 0 radical (unpaired) electrons. The maximum Gasteiger partial charge on any atom is 0.228 e. The molecule has 1 amide bonds. The van der Waals surface area contributed by atoms with E-state index in [1.165, 1.54) is 0 Å². The highest BCUT2D eigenvalue weighted by Gasteiger charge is 2.43. The predicted molar refractivity (Wildman–Crippen MR) is 69.7 cm³/mol. The molecule has 0 aromatic heterocycles. The Kier molecular flexibility index (Phi) is 3.99. The summed E-state index contributed by atoms with van der Waals surface area (Å²) in [7, 11) is 0. The van der Waals surface area contributed by atoms with Gasteiger partial charge in [-0.2, -0.15) is 0 Å². The Labute approximate surface area is 107 Å². The molecule has 1 aromatic carbocycles. The van der Waals surface area contributed by atoms with E-state index in [-0.39, 0.29) is 18.6 Å². The minimum atomic E-state index is -0.401. The van der Waals surface area contributed by atoms with Crippen molar-refractivity contribution >= 4 is 5.91 Å². The van der Waals surface area contributed by atoms with Crippen molar-refractivity contribution in [2.75, 3.05) is 13.2 Å². The molecule has 1 saturated carbocycles. The molecule has 1 aliphatic rings. The van der Waals surface area contributed by atoms with Gasteiger partial charge in [-0.15, -0.1) is 0 Å². The summed E-state index contributed by atoms with van der Waals surface area (Å²) in [5, 5.41) is 12.3. The van der Waals surface area contributed by atoms with E-state index in [9.17, 15) is 9.90 Å². The van der Waals surface area contributed by atoms with Crippen LogP contribution in [0.2, 0.25) is 0 Å². The van der Waals surface area contributed by atoms with Crippen LogP contribution in [-0.2, 0) is 4.79 Å². The Hall–Kier alpha value is -1.39. The first kappa shape index (κ1) is 13.1. The number of carbonyl (C=O) groups excluding carboxylic acids is 1. The summed E-state index contributed by atoms with van der Waals surface area (Å²) in [6.07, 6.45) is 2.75. The summed E-state index contributed by atoms with van der Waals surface area (Å²) in [5.74, 6) is -0.0286. The van der Waals surface area contributed by atoms with Gasteiger partial charge in [-0.3, -0.25) is 4.79 Å². The zero-order valence-corrected chi connectivity index (χ0v) is 10.4. The van der Waals surface area contributed by atoms with Crippen LogP contribution < -0.4 is 11.1 Å². The average molecular weight is 248 g/mol. The highest BCUT2D eigenvalue weighted by molar-refractivity contribution is 5.84. The second kappa shape index (κ2) is 5.50. The van der Waals surface area contributed by atoms with Crippen LogP contribution in [0.25, 0.3) is 0 Å². The summed E-state index contributed by atoms with van der Waals surface area (Å²) in [5.41, 5.74) is 6.22. The number of nitrogens with one attached hydrogen (secondary N) is 1. The van der Waals surface area contributed by atoms with E-state index in [2.05, 4.69) is 5.32 Å². The number of rotatable bonds is 5. The Bertz CT molecular complexity index is 396. The molecule has 0 aliphatic heterocycles. The lowest BCUT2D eigenvalue weighted by Gasteiger charge is -2.40. The lowest BCUT2D eigenvalue weighted by molar-refractivity contribution is -0.136. The molecule has 1 atom stereocenters. The molecule has 4 nitrogen and oxygen atoms in total. The molecular formula is C14H20N2O2. The fourth-order valence-corrected chi connectivity index (χ4v) is 2.36. The second-order valence-electron chi connectivity index (χ2n) is 4.96. The van der Waals surface area contributed by atoms with Gasteiger partial charge in [0.15, 0.2) is 0 Å². The highest BCUT2D eigenvalue weighted by Crippen LogP contribution is 2.40. The maximum atomic E-state index is 12.2. The van der Waals surface area contributed by atoms with Crippen molar-refractivity contribution in [2.45, 2.75) is 25.3 Å². The summed E-state index contributed by atoms with van der Waals surface area (Å²) in [6, 6.07) is 9.15. The average Bonchev–Trinajstić information content (AvgIpc) is 2.36. The van der Waals surface area contributed by atoms with Crippen LogP contribution in [0.4, 0.5) is 0 Å². The molecule has 2 rings (SSSR count). The van der Waals surface area contributed by atoms with E-state index in [1.54, 1.807) is 0 Å². The lowest BCUT2D eigenvalue weighted by Crippen LogP contribution is -2.51. The van der Waals surface area contributed by atoms with Gasteiger partial charge in [-0.1, -0.05) is 36.8 Å². The van der Waals surface area contributed by atoms with Gasteiger partial charge >= 0.3 is 0 Å². The van der Waals surface area contributed by atoms with Gasteiger partial charge in [0, 0.05) is 6.54 Å². The molecule has 1 aliphatic carbocycles. The first-order valence-corrected chi connectivity index (χ1v) is 6.39. The smallest absolute Gasteiger partial charge is 0.228 e. The molecule has 1 unspecified atom stereocenters. The van der Waals surface area contributed by atoms with Crippen LogP contribution >= 0.6 is 0 Å². The van der Waals surface area contributed by atoms with E-state index in [4.69, 9.17) is 5.73 Å². The Balaban J connectivity index is 2.05. The molecular weight excluding hydrogens is 228 g/mol. The van der Waals surface area contributed by atoms with Gasteiger partial charge in [-0.05, 0) is 18.4 Å². The van der Waals surface area contributed by atoms with Gasteiger partial charge in [0.25, 0.3) is 0 Å². The van der Waals surface area contributed by atoms with Gasteiger partial charge in [0.2, 0.25) is 5.91 Å². The number of carbonyl (C=O) groups is 1. The van der Waals surface area contributed by atoms with Crippen LogP contribution in [0.5, 0.6) is 0 Å². The number of amides is 1. The van der Waals surface area contributed by atoms with Gasteiger partial charge in [0.1, 0.15) is 0 Å². The molecule has 18 heavy (non-hydrogen) atoms. The van der Waals surface area contributed by atoms with Crippen molar-refractivity contribution in [3.63, 3.8) is 0 Å². The zero-order chi connectivity index (χ0) is 13.0. The van der Waals surface area contributed by atoms with Crippen molar-refractivity contribution in [3.8, 4) is 0 Å². The van der Waals surface area contributed by atoms with Gasteiger partial charge < -0.3 is 16.2 Å². The topological polar surface area (TPSA) is 75.4 Å². The van der Waals surface area contributed by atoms with Crippen LogP contribution in [-0.4, -0.2) is 24.2 Å². The number of hydrogen-bond acceptors (Lipinski definition) is 3. The third-order valence-corrected chi connectivity index (χ3v) is 3.87. The Morgan fingerprint density at radius 1 is 1.39 bits per heavy atom. The van der Waals surface area contributed by atoms with Crippen molar-refractivity contribution in [1.29, 1.82) is 0 Å². The van der Waals surface area contributed by atoms with Crippen molar-refractivity contribution in [2.24, 2.45) is 11.1 Å². The molecule has 0 heterocycles. The fourth-order valence-electron chi connectivity index (χ4n) is 2.36. The summed E-state index contributed by atoms with van der Waals surface area (Å²) in [6.45, 7) is 0.280. The molecule has 0 spiro atoms. The number of hydrogen-bond donors (Lipinski definition) is 3. The predicted octanol–water partition coefficient (Wildman–Crippen LogP) is 0.965. The largest absolute Gasteiger partial charge is 0.394 e. The third-order valence-electron chi connectivity index (χ3n) is 3.87. The van der Waals surface area contributed by atoms with Gasteiger partial charge in [-0.25, -0.2) is 0 Å². The minimum Gasteiger partial charge on any atom is -0.394 e. The van der Waals surface area contributed by atoms with E-state index in [1.807, 2.05) is 30.3 Å². The summed E-state index contributed by atoms with van der Waals surface area (Å²) in [4.78, 5) is 12.2. The highest BCUT2D eigenvalue weighted by atomic mass is 16.3.